The molecule has 1 fully saturated rings. The van der Waals surface area contributed by atoms with Gasteiger partial charge in [0.1, 0.15) is 5.69 Å². The Balaban J connectivity index is 2.21. The van der Waals surface area contributed by atoms with Gasteiger partial charge in [-0.3, -0.25) is 10.1 Å². The van der Waals surface area contributed by atoms with E-state index in [-0.39, 0.29) is 18.2 Å². The Labute approximate surface area is 123 Å². The molecule has 0 unspecified atom stereocenters. The third-order valence-electron chi connectivity index (χ3n) is 3.79. The summed E-state index contributed by atoms with van der Waals surface area (Å²) < 4.78 is 6.69. The van der Waals surface area contributed by atoms with Crippen LogP contribution in [0, 0.1) is 10.1 Å². The molecule has 2 rings (SSSR count). The molecule has 0 bridgehead atoms. The Morgan fingerprint density at radius 2 is 2.14 bits per heavy atom. The molecule has 1 saturated heterocycles. The highest BCUT2D eigenvalue weighted by molar-refractivity contribution is 5.60. The van der Waals surface area contributed by atoms with Crippen LogP contribution in [0.25, 0.3) is 0 Å². The maximum atomic E-state index is 11.3. The van der Waals surface area contributed by atoms with Gasteiger partial charge in [0, 0.05) is 45.6 Å². The minimum absolute atomic E-state index is 0.0110. The van der Waals surface area contributed by atoms with E-state index in [1.54, 1.807) is 7.05 Å². The fourth-order valence-electron chi connectivity index (χ4n) is 2.48. The van der Waals surface area contributed by atoms with Crippen molar-refractivity contribution in [2.45, 2.75) is 38.2 Å². The number of aliphatic hydroxyl groups is 1. The summed E-state index contributed by atoms with van der Waals surface area (Å²) in [5.41, 5.74) is -0.457. The maximum Gasteiger partial charge on any atom is 0.334 e. The molecule has 8 nitrogen and oxygen atoms in total. The largest absolute Gasteiger partial charge is 0.388 e. The van der Waals surface area contributed by atoms with Crippen LogP contribution >= 0.6 is 0 Å². The molecule has 1 aliphatic rings. The first-order valence-corrected chi connectivity index (χ1v) is 7.09. The molecule has 0 saturated carbocycles. The lowest BCUT2D eigenvalue weighted by molar-refractivity contribution is -0.384. The monoisotopic (exact) mass is 298 g/mol. The molecule has 118 valence electrons. The first-order valence-electron chi connectivity index (χ1n) is 7.09. The van der Waals surface area contributed by atoms with E-state index in [2.05, 4.69) is 10.4 Å². The topological polar surface area (TPSA) is 102 Å². The highest BCUT2D eigenvalue weighted by Crippen LogP contribution is 2.33. The van der Waals surface area contributed by atoms with Crippen molar-refractivity contribution in [3.63, 3.8) is 0 Å². The lowest BCUT2D eigenvalue weighted by Crippen LogP contribution is -2.42. The Hall–Kier alpha value is -1.67. The Kier molecular flexibility index (Phi) is 4.48. The summed E-state index contributed by atoms with van der Waals surface area (Å²) in [7, 11) is 1.66. The van der Waals surface area contributed by atoms with E-state index in [0.717, 1.165) is 0 Å². The zero-order valence-electron chi connectivity index (χ0n) is 12.6. The van der Waals surface area contributed by atoms with Crippen molar-refractivity contribution in [1.29, 1.82) is 0 Å². The van der Waals surface area contributed by atoms with Crippen LogP contribution in [0.5, 0.6) is 0 Å². The molecule has 1 aromatic heterocycles. The lowest BCUT2D eigenvalue weighted by Gasteiger charge is -2.32. The fraction of sp³-hybridized carbons (Fsp3) is 0.769. The van der Waals surface area contributed by atoms with Gasteiger partial charge >= 0.3 is 5.69 Å². The zero-order valence-corrected chi connectivity index (χ0v) is 12.6. The van der Waals surface area contributed by atoms with Gasteiger partial charge in [-0.15, -0.1) is 0 Å². The van der Waals surface area contributed by atoms with Crippen LogP contribution in [0.4, 0.5) is 11.5 Å². The molecule has 2 heterocycles. The summed E-state index contributed by atoms with van der Waals surface area (Å²) in [6.07, 6.45) is 1.03. The van der Waals surface area contributed by atoms with Gasteiger partial charge < -0.3 is 15.2 Å². The molecule has 8 heteroatoms. The van der Waals surface area contributed by atoms with E-state index < -0.39 is 10.5 Å². The second-order valence-corrected chi connectivity index (χ2v) is 5.81. The second kappa shape index (κ2) is 5.98. The van der Waals surface area contributed by atoms with Gasteiger partial charge in [0.15, 0.2) is 0 Å². The van der Waals surface area contributed by atoms with Crippen LogP contribution < -0.4 is 5.32 Å². The van der Waals surface area contributed by atoms with Crippen molar-refractivity contribution in [3.8, 4) is 0 Å². The summed E-state index contributed by atoms with van der Waals surface area (Å²) in [5.74, 6) is 0.293. The molecule has 0 aromatic carbocycles. The smallest absolute Gasteiger partial charge is 0.334 e. The average molecular weight is 298 g/mol. The van der Waals surface area contributed by atoms with Crippen LogP contribution in [-0.4, -0.2) is 45.2 Å². The van der Waals surface area contributed by atoms with Crippen molar-refractivity contribution >= 4 is 11.5 Å². The van der Waals surface area contributed by atoms with Gasteiger partial charge in [0.25, 0.3) is 0 Å². The van der Waals surface area contributed by atoms with Crippen molar-refractivity contribution < 1.29 is 14.8 Å². The van der Waals surface area contributed by atoms with Gasteiger partial charge in [0.05, 0.1) is 10.5 Å². The quantitative estimate of drug-likeness (QED) is 0.629. The maximum absolute atomic E-state index is 11.3. The van der Waals surface area contributed by atoms with Crippen molar-refractivity contribution in [1.82, 2.24) is 9.78 Å². The number of nitrogens with zero attached hydrogens (tertiary/aromatic N) is 3. The lowest BCUT2D eigenvalue weighted by atomic mass is 9.94. The molecule has 2 N–H and O–H groups in total. The van der Waals surface area contributed by atoms with Crippen LogP contribution in [0.1, 0.15) is 38.3 Å². The third-order valence-corrected chi connectivity index (χ3v) is 3.79. The number of nitrogens with one attached hydrogen (secondary N) is 1. The van der Waals surface area contributed by atoms with Crippen LogP contribution in [0.2, 0.25) is 0 Å². The van der Waals surface area contributed by atoms with E-state index in [4.69, 9.17) is 4.74 Å². The predicted octanol–water partition coefficient (Wildman–Crippen LogP) is 1.41. The number of nitro groups is 1. The van der Waals surface area contributed by atoms with Gasteiger partial charge in [-0.25, -0.2) is 4.68 Å². The Morgan fingerprint density at radius 3 is 2.67 bits per heavy atom. The molecular weight excluding hydrogens is 276 g/mol. The van der Waals surface area contributed by atoms with Crippen LogP contribution in [-0.2, 0) is 11.8 Å². The Bertz CT molecular complexity index is 520. The van der Waals surface area contributed by atoms with Gasteiger partial charge in [-0.1, -0.05) is 13.8 Å². The number of anilines is 1. The number of hydrogen-bond donors (Lipinski definition) is 2. The standard InChI is InChI=1S/C13H22N4O4/c1-9(2)10-11(17(19)20)12(16(3)15-10)14-8-13(18)4-6-21-7-5-13/h9,14,18H,4-8H2,1-3H3. The first kappa shape index (κ1) is 15.7. The molecular formula is C13H22N4O4. The Morgan fingerprint density at radius 1 is 1.52 bits per heavy atom. The number of hydrogen-bond acceptors (Lipinski definition) is 6. The van der Waals surface area contributed by atoms with Crippen molar-refractivity contribution in [2.24, 2.45) is 7.05 Å². The summed E-state index contributed by atoms with van der Waals surface area (Å²) >= 11 is 0. The number of aryl methyl sites for hydroxylation is 1. The SMILES string of the molecule is CC(C)c1nn(C)c(NCC2(O)CCOCC2)c1[N+](=O)[O-]. The molecule has 0 radical (unpaired) electrons. The van der Waals surface area contributed by atoms with Crippen molar-refractivity contribution in [2.75, 3.05) is 25.1 Å². The van der Waals surface area contributed by atoms with E-state index in [1.807, 2.05) is 13.8 Å². The van der Waals surface area contributed by atoms with E-state index in [9.17, 15) is 15.2 Å². The molecule has 0 atom stereocenters. The van der Waals surface area contributed by atoms with E-state index in [0.29, 0.717) is 37.6 Å². The molecule has 1 aliphatic heterocycles. The van der Waals surface area contributed by atoms with Crippen LogP contribution in [0.15, 0.2) is 0 Å². The third kappa shape index (κ3) is 3.33. The molecule has 21 heavy (non-hydrogen) atoms. The normalized spacial score (nSPS) is 18.0. The fourth-order valence-corrected chi connectivity index (χ4v) is 2.48. The average Bonchev–Trinajstić information content (AvgIpc) is 2.75. The summed E-state index contributed by atoms with van der Waals surface area (Å²) in [4.78, 5) is 10.9. The summed E-state index contributed by atoms with van der Waals surface area (Å²) in [6.45, 7) is 4.98. The minimum atomic E-state index is -0.894. The van der Waals surface area contributed by atoms with Gasteiger partial charge in [0.2, 0.25) is 5.82 Å². The number of aromatic nitrogens is 2. The molecule has 0 spiro atoms. The molecule has 0 amide bonds. The van der Waals surface area contributed by atoms with Gasteiger partial charge in [-0.05, 0) is 0 Å². The number of rotatable bonds is 5. The summed E-state index contributed by atoms with van der Waals surface area (Å²) in [6, 6.07) is 0. The molecule has 0 aliphatic carbocycles. The first-order chi connectivity index (χ1) is 9.84. The van der Waals surface area contributed by atoms with Crippen LogP contribution in [0.3, 0.4) is 0 Å². The minimum Gasteiger partial charge on any atom is -0.388 e. The van der Waals surface area contributed by atoms with E-state index in [1.165, 1.54) is 4.68 Å². The molecule has 1 aromatic rings. The highest BCUT2D eigenvalue weighted by atomic mass is 16.6. The van der Waals surface area contributed by atoms with Crippen molar-refractivity contribution in [3.05, 3.63) is 15.8 Å². The van der Waals surface area contributed by atoms with E-state index >= 15 is 0 Å². The number of ether oxygens (including phenoxy) is 1. The zero-order chi connectivity index (χ0) is 15.6. The highest BCUT2D eigenvalue weighted by Gasteiger charge is 2.33. The summed E-state index contributed by atoms with van der Waals surface area (Å²) in [5, 5.41) is 29.0. The predicted molar refractivity (Wildman–Crippen MR) is 77.4 cm³/mol. The van der Waals surface area contributed by atoms with Gasteiger partial charge in [-0.2, -0.15) is 5.10 Å². The second-order valence-electron chi connectivity index (χ2n) is 5.81.